The van der Waals surface area contributed by atoms with E-state index in [1.54, 1.807) is 0 Å². The molecule has 0 spiro atoms. The molecule has 7 heteroatoms. The van der Waals surface area contributed by atoms with Crippen LogP contribution in [0.1, 0.15) is 25.7 Å². The molecule has 0 aromatic carbocycles. The summed E-state index contributed by atoms with van der Waals surface area (Å²) in [7, 11) is 0. The predicted octanol–water partition coefficient (Wildman–Crippen LogP) is 2.43. The molecule has 1 fully saturated rings. The zero-order valence-corrected chi connectivity index (χ0v) is 11.4. The molecule has 0 saturated heterocycles. The van der Waals surface area contributed by atoms with Gasteiger partial charge in [0.25, 0.3) is 5.69 Å². The van der Waals surface area contributed by atoms with E-state index in [0.717, 1.165) is 25.7 Å². The van der Waals surface area contributed by atoms with Gasteiger partial charge in [-0.2, -0.15) is 0 Å². The molecular weight excluding hydrogens is 300 g/mol. The van der Waals surface area contributed by atoms with Crippen molar-refractivity contribution >= 4 is 27.4 Å². The summed E-state index contributed by atoms with van der Waals surface area (Å²) in [6.45, 7) is 0. The third-order valence-corrected chi connectivity index (χ3v) is 3.75. The number of halogens is 1. The minimum absolute atomic E-state index is 0.0157. The van der Waals surface area contributed by atoms with Crippen molar-refractivity contribution in [3.8, 4) is 0 Å². The third kappa shape index (κ3) is 3.17. The molecule has 0 atom stereocenters. The van der Waals surface area contributed by atoms with E-state index in [-0.39, 0.29) is 5.69 Å². The second-order valence-corrected chi connectivity index (χ2v) is 5.39. The molecule has 1 saturated carbocycles. The Morgan fingerprint density at radius 2 is 2.11 bits per heavy atom. The Bertz CT molecular complexity index is 447. The summed E-state index contributed by atoms with van der Waals surface area (Å²) in [5.74, 6) is 0.654. The summed E-state index contributed by atoms with van der Waals surface area (Å²) in [6, 6.07) is 2.11. The minimum Gasteiger partial charge on any atom is -0.366 e. The van der Waals surface area contributed by atoms with Crippen LogP contribution in [0.25, 0.3) is 0 Å². The van der Waals surface area contributed by atoms with Gasteiger partial charge in [-0.3, -0.25) is 10.1 Å². The Morgan fingerprint density at radius 3 is 2.67 bits per heavy atom. The number of nitrogens with two attached hydrogens (primary N) is 1. The lowest BCUT2D eigenvalue weighted by Crippen LogP contribution is -2.33. The summed E-state index contributed by atoms with van der Waals surface area (Å²) in [6.07, 6.45) is 5.28. The highest BCUT2D eigenvalue weighted by Crippen LogP contribution is 2.27. The Balaban J connectivity index is 2.03. The topological polar surface area (TPSA) is 94.1 Å². The molecule has 2 rings (SSSR count). The Labute approximate surface area is 113 Å². The minimum atomic E-state index is -0.457. The van der Waals surface area contributed by atoms with E-state index >= 15 is 0 Å². The standard InChI is InChI=1S/C11H15BrN4O2/c12-10-5-9(16(17)18)6-14-11(10)15-8-3-1-7(13)2-4-8/h5-8H,1-4,13H2,(H,14,15). The fourth-order valence-electron chi connectivity index (χ4n) is 2.09. The van der Waals surface area contributed by atoms with E-state index in [1.165, 1.54) is 12.3 Å². The zero-order chi connectivity index (χ0) is 13.1. The van der Waals surface area contributed by atoms with Crippen molar-refractivity contribution in [1.82, 2.24) is 4.98 Å². The van der Waals surface area contributed by atoms with Crippen LogP contribution in [-0.4, -0.2) is 22.0 Å². The van der Waals surface area contributed by atoms with Gasteiger partial charge >= 0.3 is 0 Å². The van der Waals surface area contributed by atoms with Crippen LogP contribution in [0.2, 0.25) is 0 Å². The highest BCUT2D eigenvalue weighted by molar-refractivity contribution is 9.10. The number of anilines is 1. The van der Waals surface area contributed by atoms with E-state index in [4.69, 9.17) is 5.73 Å². The maximum Gasteiger partial charge on any atom is 0.288 e. The van der Waals surface area contributed by atoms with Crippen molar-refractivity contribution in [1.29, 1.82) is 0 Å². The van der Waals surface area contributed by atoms with Gasteiger partial charge in [0.2, 0.25) is 0 Å². The lowest BCUT2D eigenvalue weighted by molar-refractivity contribution is -0.385. The van der Waals surface area contributed by atoms with Gasteiger partial charge in [0, 0.05) is 18.2 Å². The average molecular weight is 315 g/mol. The van der Waals surface area contributed by atoms with Gasteiger partial charge in [-0.05, 0) is 41.6 Å². The molecule has 0 bridgehead atoms. The second kappa shape index (κ2) is 5.62. The largest absolute Gasteiger partial charge is 0.366 e. The number of pyridine rings is 1. The van der Waals surface area contributed by atoms with Crippen molar-refractivity contribution in [2.45, 2.75) is 37.8 Å². The monoisotopic (exact) mass is 314 g/mol. The molecule has 3 N–H and O–H groups in total. The molecule has 1 heterocycles. The fourth-order valence-corrected chi connectivity index (χ4v) is 2.54. The lowest BCUT2D eigenvalue weighted by Gasteiger charge is -2.27. The van der Waals surface area contributed by atoms with E-state index in [0.29, 0.717) is 22.4 Å². The molecule has 98 valence electrons. The van der Waals surface area contributed by atoms with E-state index in [2.05, 4.69) is 26.2 Å². The first-order valence-corrected chi connectivity index (χ1v) is 6.67. The number of nitrogens with one attached hydrogen (secondary N) is 1. The van der Waals surface area contributed by atoms with Crippen LogP contribution in [0.4, 0.5) is 11.5 Å². The molecule has 1 aliphatic rings. The van der Waals surface area contributed by atoms with Gasteiger partial charge in [-0.25, -0.2) is 4.98 Å². The molecule has 0 amide bonds. The first-order valence-electron chi connectivity index (χ1n) is 5.88. The summed E-state index contributed by atoms with van der Waals surface area (Å²) in [5, 5.41) is 13.9. The Kier molecular flexibility index (Phi) is 4.13. The molecule has 1 aliphatic carbocycles. The number of nitrogens with zero attached hydrogens (tertiary/aromatic N) is 2. The number of hydrogen-bond donors (Lipinski definition) is 2. The Hall–Kier alpha value is -1.21. The third-order valence-electron chi connectivity index (χ3n) is 3.15. The van der Waals surface area contributed by atoms with Crippen molar-refractivity contribution in [3.63, 3.8) is 0 Å². The average Bonchev–Trinajstić information content (AvgIpc) is 2.34. The number of nitro groups is 1. The van der Waals surface area contributed by atoms with Crippen molar-refractivity contribution in [3.05, 3.63) is 26.9 Å². The van der Waals surface area contributed by atoms with Crippen LogP contribution >= 0.6 is 15.9 Å². The van der Waals surface area contributed by atoms with Gasteiger partial charge in [-0.1, -0.05) is 0 Å². The first-order chi connectivity index (χ1) is 8.56. The lowest BCUT2D eigenvalue weighted by atomic mass is 9.92. The second-order valence-electron chi connectivity index (χ2n) is 4.54. The highest BCUT2D eigenvalue weighted by Gasteiger charge is 2.20. The maximum atomic E-state index is 10.6. The number of aromatic nitrogens is 1. The van der Waals surface area contributed by atoms with Crippen LogP contribution in [0.5, 0.6) is 0 Å². The van der Waals surface area contributed by atoms with Crippen LogP contribution < -0.4 is 11.1 Å². The molecule has 1 aromatic heterocycles. The van der Waals surface area contributed by atoms with E-state index in [9.17, 15) is 10.1 Å². The van der Waals surface area contributed by atoms with Gasteiger partial charge < -0.3 is 11.1 Å². The Morgan fingerprint density at radius 1 is 1.44 bits per heavy atom. The summed E-state index contributed by atoms with van der Waals surface area (Å²) in [5.41, 5.74) is 5.83. The van der Waals surface area contributed by atoms with Crippen LogP contribution in [0.15, 0.2) is 16.7 Å². The predicted molar refractivity (Wildman–Crippen MR) is 72.4 cm³/mol. The molecule has 18 heavy (non-hydrogen) atoms. The quantitative estimate of drug-likeness (QED) is 0.660. The number of rotatable bonds is 3. The maximum absolute atomic E-state index is 10.6. The highest BCUT2D eigenvalue weighted by atomic mass is 79.9. The van der Waals surface area contributed by atoms with Gasteiger partial charge in [-0.15, -0.1) is 0 Å². The SMILES string of the molecule is NC1CCC(Nc2ncc([N+](=O)[O-])cc2Br)CC1. The molecule has 0 aliphatic heterocycles. The molecule has 1 aromatic rings. The normalized spacial score (nSPS) is 23.7. The summed E-state index contributed by atoms with van der Waals surface area (Å²) < 4.78 is 0.617. The molecule has 0 unspecified atom stereocenters. The first kappa shape index (κ1) is 13.2. The summed E-state index contributed by atoms with van der Waals surface area (Å²) in [4.78, 5) is 14.2. The smallest absolute Gasteiger partial charge is 0.288 e. The van der Waals surface area contributed by atoms with Gasteiger partial charge in [0.1, 0.15) is 12.0 Å². The number of hydrogen-bond acceptors (Lipinski definition) is 5. The van der Waals surface area contributed by atoms with Crippen LogP contribution in [-0.2, 0) is 0 Å². The fraction of sp³-hybridized carbons (Fsp3) is 0.545. The van der Waals surface area contributed by atoms with Crippen molar-refractivity contribution in [2.75, 3.05) is 5.32 Å². The van der Waals surface area contributed by atoms with E-state index < -0.39 is 4.92 Å². The zero-order valence-electron chi connectivity index (χ0n) is 9.80. The van der Waals surface area contributed by atoms with Gasteiger partial charge in [0.15, 0.2) is 0 Å². The van der Waals surface area contributed by atoms with Crippen molar-refractivity contribution < 1.29 is 4.92 Å². The van der Waals surface area contributed by atoms with Crippen LogP contribution in [0, 0.1) is 10.1 Å². The van der Waals surface area contributed by atoms with Crippen molar-refractivity contribution in [2.24, 2.45) is 5.73 Å². The molecule has 6 nitrogen and oxygen atoms in total. The molecule has 0 radical (unpaired) electrons. The summed E-state index contributed by atoms with van der Waals surface area (Å²) >= 11 is 3.30. The van der Waals surface area contributed by atoms with E-state index in [1.807, 2.05) is 0 Å². The molecular formula is C11H15BrN4O2. The van der Waals surface area contributed by atoms with Gasteiger partial charge in [0.05, 0.1) is 9.40 Å². The van der Waals surface area contributed by atoms with Crippen LogP contribution in [0.3, 0.4) is 0 Å².